The van der Waals surface area contributed by atoms with Crippen molar-refractivity contribution in [1.82, 2.24) is 24.1 Å². The molecule has 1 N–H and O–H groups in total. The van der Waals surface area contributed by atoms with E-state index < -0.39 is 10.0 Å². The SMILES string of the molecule is CC1CC(Cn2cnc3cc(-c4cn[nH]c4)ccc32)CN1S(=O)(=O)c1ccccc1. The molecular formula is C22H23N5O2S. The number of benzene rings is 2. The molecule has 7 nitrogen and oxygen atoms in total. The second-order valence-electron chi connectivity index (χ2n) is 7.93. The third-order valence-electron chi connectivity index (χ3n) is 5.86. The molecule has 0 spiro atoms. The van der Waals surface area contributed by atoms with E-state index in [0.717, 1.165) is 35.1 Å². The number of hydrogen-bond acceptors (Lipinski definition) is 4. The second-order valence-corrected chi connectivity index (χ2v) is 9.82. The van der Waals surface area contributed by atoms with Gasteiger partial charge in [0.15, 0.2) is 0 Å². The molecule has 0 saturated carbocycles. The van der Waals surface area contributed by atoms with Crippen molar-refractivity contribution in [3.8, 4) is 11.1 Å². The molecule has 2 atom stereocenters. The molecule has 1 saturated heterocycles. The van der Waals surface area contributed by atoms with Gasteiger partial charge in [-0.25, -0.2) is 13.4 Å². The van der Waals surface area contributed by atoms with Crippen molar-refractivity contribution in [2.45, 2.75) is 30.8 Å². The van der Waals surface area contributed by atoms with E-state index in [1.54, 1.807) is 34.8 Å². The largest absolute Gasteiger partial charge is 0.330 e. The molecule has 3 heterocycles. The fraction of sp³-hybridized carbons (Fsp3) is 0.273. The van der Waals surface area contributed by atoms with Crippen molar-refractivity contribution < 1.29 is 8.42 Å². The smallest absolute Gasteiger partial charge is 0.243 e. The summed E-state index contributed by atoms with van der Waals surface area (Å²) < 4.78 is 29.9. The van der Waals surface area contributed by atoms with Gasteiger partial charge >= 0.3 is 0 Å². The van der Waals surface area contributed by atoms with Gasteiger partial charge in [-0.2, -0.15) is 9.40 Å². The third-order valence-corrected chi connectivity index (χ3v) is 7.86. The molecule has 5 rings (SSSR count). The van der Waals surface area contributed by atoms with Gasteiger partial charge in [-0.1, -0.05) is 24.3 Å². The molecule has 8 heteroatoms. The van der Waals surface area contributed by atoms with Crippen LogP contribution in [0, 0.1) is 5.92 Å². The molecule has 2 unspecified atom stereocenters. The van der Waals surface area contributed by atoms with Crippen LogP contribution in [-0.2, 0) is 16.6 Å². The van der Waals surface area contributed by atoms with E-state index in [1.165, 1.54) is 0 Å². The van der Waals surface area contributed by atoms with Crippen molar-refractivity contribution in [1.29, 1.82) is 0 Å². The van der Waals surface area contributed by atoms with E-state index in [0.29, 0.717) is 11.4 Å². The van der Waals surface area contributed by atoms with Crippen LogP contribution in [0.4, 0.5) is 0 Å². The van der Waals surface area contributed by atoms with Crippen LogP contribution >= 0.6 is 0 Å². The minimum absolute atomic E-state index is 0.0253. The molecule has 4 aromatic rings. The number of aromatic nitrogens is 4. The zero-order valence-electron chi connectivity index (χ0n) is 16.6. The van der Waals surface area contributed by atoms with E-state index >= 15 is 0 Å². The first kappa shape index (κ1) is 19.0. The van der Waals surface area contributed by atoms with Gasteiger partial charge in [-0.05, 0) is 49.1 Å². The predicted octanol–water partition coefficient (Wildman–Crippen LogP) is 3.53. The van der Waals surface area contributed by atoms with E-state index in [2.05, 4.69) is 37.9 Å². The summed E-state index contributed by atoms with van der Waals surface area (Å²) in [6.45, 7) is 3.25. The number of sulfonamides is 1. The fourth-order valence-electron chi connectivity index (χ4n) is 4.38. The van der Waals surface area contributed by atoms with E-state index in [9.17, 15) is 8.42 Å². The molecule has 1 fully saturated rings. The lowest BCUT2D eigenvalue weighted by atomic mass is 10.1. The maximum atomic E-state index is 13.1. The van der Waals surface area contributed by atoms with Crippen LogP contribution in [0.15, 0.2) is 72.1 Å². The average molecular weight is 422 g/mol. The minimum atomic E-state index is -3.47. The monoisotopic (exact) mass is 421 g/mol. The molecule has 2 aromatic carbocycles. The molecule has 0 aliphatic carbocycles. The van der Waals surface area contributed by atoms with Gasteiger partial charge in [-0.3, -0.25) is 5.10 Å². The topological polar surface area (TPSA) is 83.9 Å². The molecule has 30 heavy (non-hydrogen) atoms. The number of rotatable bonds is 5. The number of H-pyrrole nitrogens is 1. The summed E-state index contributed by atoms with van der Waals surface area (Å²) in [5, 5.41) is 6.84. The number of aromatic amines is 1. The van der Waals surface area contributed by atoms with Crippen molar-refractivity contribution in [2.24, 2.45) is 5.92 Å². The van der Waals surface area contributed by atoms with Crippen LogP contribution in [0.5, 0.6) is 0 Å². The van der Waals surface area contributed by atoms with E-state index in [1.807, 2.05) is 25.5 Å². The number of nitrogens with zero attached hydrogens (tertiary/aromatic N) is 4. The Hall–Kier alpha value is -2.97. The van der Waals surface area contributed by atoms with E-state index in [4.69, 9.17) is 0 Å². The van der Waals surface area contributed by atoms with Crippen molar-refractivity contribution in [2.75, 3.05) is 6.54 Å². The van der Waals surface area contributed by atoms with Crippen LogP contribution in [-0.4, -0.2) is 45.1 Å². The van der Waals surface area contributed by atoms with Crippen LogP contribution in [0.3, 0.4) is 0 Å². The summed E-state index contributed by atoms with van der Waals surface area (Å²) in [7, 11) is -3.47. The predicted molar refractivity (Wildman–Crippen MR) is 115 cm³/mol. The lowest BCUT2D eigenvalue weighted by Crippen LogP contribution is -2.34. The Morgan fingerprint density at radius 1 is 1.13 bits per heavy atom. The molecule has 0 radical (unpaired) electrons. The van der Waals surface area contributed by atoms with Gasteiger partial charge in [-0.15, -0.1) is 0 Å². The highest BCUT2D eigenvalue weighted by Crippen LogP contribution is 2.31. The molecule has 154 valence electrons. The highest BCUT2D eigenvalue weighted by molar-refractivity contribution is 7.89. The highest BCUT2D eigenvalue weighted by atomic mass is 32.2. The molecular weight excluding hydrogens is 398 g/mol. The Balaban J connectivity index is 1.36. The summed E-state index contributed by atoms with van der Waals surface area (Å²) in [6.07, 6.45) is 6.33. The van der Waals surface area contributed by atoms with Crippen LogP contribution < -0.4 is 0 Å². The summed E-state index contributed by atoms with van der Waals surface area (Å²) in [5.41, 5.74) is 4.07. The lowest BCUT2D eigenvalue weighted by molar-refractivity contribution is 0.399. The van der Waals surface area contributed by atoms with Gasteiger partial charge < -0.3 is 4.57 Å². The summed E-state index contributed by atoms with van der Waals surface area (Å²) >= 11 is 0. The third kappa shape index (κ3) is 3.32. The van der Waals surface area contributed by atoms with Gasteiger partial charge in [0.05, 0.1) is 28.5 Å². The minimum Gasteiger partial charge on any atom is -0.330 e. The molecule has 1 aliphatic rings. The van der Waals surface area contributed by atoms with Crippen molar-refractivity contribution >= 4 is 21.1 Å². The normalized spacial score (nSPS) is 20.2. The number of fused-ring (bicyclic) bond motifs is 1. The van der Waals surface area contributed by atoms with Gasteiger partial charge in [0.25, 0.3) is 0 Å². The molecule has 0 bridgehead atoms. The highest BCUT2D eigenvalue weighted by Gasteiger charge is 2.37. The van der Waals surface area contributed by atoms with Crippen LogP contribution in [0.2, 0.25) is 0 Å². The van der Waals surface area contributed by atoms with Gasteiger partial charge in [0, 0.05) is 30.9 Å². The van der Waals surface area contributed by atoms with Crippen LogP contribution in [0.25, 0.3) is 22.2 Å². The Morgan fingerprint density at radius 3 is 2.73 bits per heavy atom. The Bertz CT molecular complexity index is 1270. The van der Waals surface area contributed by atoms with Crippen LogP contribution in [0.1, 0.15) is 13.3 Å². The van der Waals surface area contributed by atoms with Gasteiger partial charge in [0.2, 0.25) is 10.0 Å². The average Bonchev–Trinajstić information content (AvgIpc) is 3.49. The Labute approximate surface area is 175 Å². The Morgan fingerprint density at radius 2 is 1.97 bits per heavy atom. The number of imidazole rings is 1. The maximum Gasteiger partial charge on any atom is 0.243 e. The lowest BCUT2D eigenvalue weighted by Gasteiger charge is -2.21. The first-order valence-electron chi connectivity index (χ1n) is 10.0. The number of nitrogens with one attached hydrogen (secondary N) is 1. The summed E-state index contributed by atoms with van der Waals surface area (Å²) in [5.74, 6) is 0.240. The first-order chi connectivity index (χ1) is 14.5. The Kier molecular flexibility index (Phi) is 4.67. The zero-order valence-corrected chi connectivity index (χ0v) is 17.5. The molecule has 0 amide bonds. The quantitative estimate of drug-likeness (QED) is 0.534. The summed E-state index contributed by atoms with van der Waals surface area (Å²) in [6, 6.07) is 14.9. The first-order valence-corrected chi connectivity index (χ1v) is 11.5. The fourth-order valence-corrected chi connectivity index (χ4v) is 6.12. The number of hydrogen-bond donors (Lipinski definition) is 1. The summed E-state index contributed by atoms with van der Waals surface area (Å²) in [4.78, 5) is 4.92. The van der Waals surface area contributed by atoms with Gasteiger partial charge in [0.1, 0.15) is 0 Å². The standard InChI is InChI=1S/C22H23N5O2S/c1-16-9-17(14-27(16)30(28,29)20-5-3-2-4-6-20)13-26-15-23-21-10-18(7-8-22(21)26)19-11-24-25-12-19/h2-8,10-12,15-17H,9,13-14H2,1H3,(H,24,25). The second kappa shape index (κ2) is 7.37. The molecule has 2 aromatic heterocycles. The van der Waals surface area contributed by atoms with Crippen molar-refractivity contribution in [3.63, 3.8) is 0 Å². The maximum absolute atomic E-state index is 13.1. The van der Waals surface area contributed by atoms with E-state index in [-0.39, 0.29) is 12.0 Å². The van der Waals surface area contributed by atoms with Crippen molar-refractivity contribution in [3.05, 3.63) is 67.3 Å². The zero-order chi connectivity index (χ0) is 20.7. The molecule has 1 aliphatic heterocycles.